The number of rotatable bonds is 5. The molecule has 144 valence electrons. The molecule has 1 amide bonds. The second kappa shape index (κ2) is 7.93. The van der Waals surface area contributed by atoms with Gasteiger partial charge in [0.25, 0.3) is 5.56 Å². The second-order valence-electron chi connectivity index (χ2n) is 6.06. The molecule has 0 saturated carbocycles. The van der Waals surface area contributed by atoms with Crippen LogP contribution in [0.4, 0.5) is 8.78 Å². The van der Waals surface area contributed by atoms with Gasteiger partial charge in [0.15, 0.2) is 0 Å². The van der Waals surface area contributed by atoms with Crippen LogP contribution < -0.4 is 16.0 Å². The standard InChI is InChI=1S/C20H15BrF2N2O3/c1-10-16(11-2-4-12(5-3-11)19(24)26)18(17(21)20(27)25-10)28-9-13-6-7-14(22)8-15(13)23/h2-8H,9H2,1H3,(H2,24,26)(H,25,27). The zero-order valence-electron chi connectivity index (χ0n) is 14.7. The van der Waals surface area contributed by atoms with Crippen molar-refractivity contribution in [1.29, 1.82) is 0 Å². The Morgan fingerprint density at radius 3 is 2.46 bits per heavy atom. The Kier molecular flexibility index (Phi) is 5.60. The molecule has 0 aliphatic carbocycles. The molecule has 0 aliphatic heterocycles. The molecule has 0 spiro atoms. The number of aromatic amines is 1. The summed E-state index contributed by atoms with van der Waals surface area (Å²) >= 11 is 3.21. The predicted molar refractivity (Wildman–Crippen MR) is 104 cm³/mol. The van der Waals surface area contributed by atoms with E-state index in [4.69, 9.17) is 10.5 Å². The Balaban J connectivity index is 2.04. The highest BCUT2D eigenvalue weighted by molar-refractivity contribution is 9.10. The van der Waals surface area contributed by atoms with Gasteiger partial charge >= 0.3 is 0 Å². The fourth-order valence-electron chi connectivity index (χ4n) is 2.74. The summed E-state index contributed by atoms with van der Waals surface area (Å²) in [7, 11) is 0. The molecule has 0 fully saturated rings. The lowest BCUT2D eigenvalue weighted by molar-refractivity contribution is 0.100. The van der Waals surface area contributed by atoms with Crippen molar-refractivity contribution in [3.63, 3.8) is 0 Å². The van der Waals surface area contributed by atoms with E-state index in [0.717, 1.165) is 12.1 Å². The van der Waals surface area contributed by atoms with Gasteiger partial charge in [0, 0.05) is 28.5 Å². The number of H-pyrrole nitrogens is 1. The first-order valence-electron chi connectivity index (χ1n) is 8.17. The number of benzene rings is 2. The molecule has 0 atom stereocenters. The third kappa shape index (κ3) is 3.96. The quantitative estimate of drug-likeness (QED) is 0.616. The topological polar surface area (TPSA) is 85.2 Å². The number of aryl methyl sites for hydroxylation is 1. The van der Waals surface area contributed by atoms with Crippen LogP contribution >= 0.6 is 15.9 Å². The summed E-state index contributed by atoms with van der Waals surface area (Å²) in [5.74, 6) is -1.79. The second-order valence-corrected chi connectivity index (χ2v) is 6.86. The Labute approximate surface area is 167 Å². The van der Waals surface area contributed by atoms with Crippen molar-refractivity contribution < 1.29 is 18.3 Å². The summed E-state index contributed by atoms with van der Waals surface area (Å²) in [6, 6.07) is 9.61. The average Bonchev–Trinajstić information content (AvgIpc) is 2.64. The summed E-state index contributed by atoms with van der Waals surface area (Å²) in [5.41, 5.74) is 7.07. The number of aromatic nitrogens is 1. The van der Waals surface area contributed by atoms with E-state index in [0.29, 0.717) is 22.4 Å². The summed E-state index contributed by atoms with van der Waals surface area (Å²) in [6.07, 6.45) is 0. The van der Waals surface area contributed by atoms with E-state index in [1.165, 1.54) is 6.07 Å². The molecule has 0 unspecified atom stereocenters. The van der Waals surface area contributed by atoms with Gasteiger partial charge in [-0.25, -0.2) is 8.78 Å². The fraction of sp³-hybridized carbons (Fsp3) is 0.100. The molecule has 2 aromatic carbocycles. The first-order valence-corrected chi connectivity index (χ1v) is 8.96. The van der Waals surface area contributed by atoms with Crippen molar-refractivity contribution in [3.05, 3.63) is 85.7 Å². The van der Waals surface area contributed by atoms with Crippen LogP contribution in [0.25, 0.3) is 11.1 Å². The minimum atomic E-state index is -0.745. The number of nitrogens with one attached hydrogen (secondary N) is 1. The molecule has 8 heteroatoms. The molecule has 0 radical (unpaired) electrons. The minimum absolute atomic E-state index is 0.134. The number of carbonyl (C=O) groups is 1. The van der Waals surface area contributed by atoms with E-state index in [1.807, 2.05) is 0 Å². The van der Waals surface area contributed by atoms with Gasteiger partial charge in [-0.15, -0.1) is 0 Å². The van der Waals surface area contributed by atoms with Crippen LogP contribution in [-0.2, 0) is 6.61 Å². The lowest BCUT2D eigenvalue weighted by Gasteiger charge is -2.16. The van der Waals surface area contributed by atoms with Gasteiger partial charge in [-0.2, -0.15) is 0 Å². The normalized spacial score (nSPS) is 10.7. The van der Waals surface area contributed by atoms with Gasteiger partial charge in [-0.05, 0) is 52.7 Å². The summed E-state index contributed by atoms with van der Waals surface area (Å²) in [6.45, 7) is 1.48. The Bertz CT molecular complexity index is 1110. The van der Waals surface area contributed by atoms with E-state index < -0.39 is 23.1 Å². The van der Waals surface area contributed by atoms with Crippen molar-refractivity contribution in [3.8, 4) is 16.9 Å². The molecule has 1 heterocycles. The third-order valence-electron chi connectivity index (χ3n) is 4.15. The van der Waals surface area contributed by atoms with Crippen LogP contribution in [0.5, 0.6) is 5.75 Å². The molecule has 0 aliphatic rings. The van der Waals surface area contributed by atoms with Gasteiger partial charge in [-0.1, -0.05) is 12.1 Å². The van der Waals surface area contributed by atoms with Crippen LogP contribution in [0, 0.1) is 18.6 Å². The maximum Gasteiger partial charge on any atom is 0.266 e. The van der Waals surface area contributed by atoms with E-state index in [-0.39, 0.29) is 22.4 Å². The van der Waals surface area contributed by atoms with Crippen molar-refractivity contribution in [1.82, 2.24) is 4.98 Å². The van der Waals surface area contributed by atoms with Crippen LogP contribution in [0.2, 0.25) is 0 Å². The number of carbonyl (C=O) groups excluding carboxylic acids is 1. The van der Waals surface area contributed by atoms with Crippen molar-refractivity contribution in [2.45, 2.75) is 13.5 Å². The number of primary amides is 1. The molecule has 3 rings (SSSR count). The van der Waals surface area contributed by atoms with Crippen molar-refractivity contribution in [2.24, 2.45) is 5.73 Å². The summed E-state index contributed by atoms with van der Waals surface area (Å²) in [5, 5.41) is 0. The van der Waals surface area contributed by atoms with Crippen molar-refractivity contribution in [2.75, 3.05) is 0 Å². The highest BCUT2D eigenvalue weighted by Gasteiger charge is 2.18. The highest BCUT2D eigenvalue weighted by Crippen LogP contribution is 2.37. The van der Waals surface area contributed by atoms with Gasteiger partial charge in [-0.3, -0.25) is 9.59 Å². The number of pyridine rings is 1. The van der Waals surface area contributed by atoms with Crippen molar-refractivity contribution >= 4 is 21.8 Å². The first-order chi connectivity index (χ1) is 13.3. The summed E-state index contributed by atoms with van der Waals surface area (Å²) in [4.78, 5) is 26.1. The lowest BCUT2D eigenvalue weighted by Crippen LogP contribution is -2.13. The van der Waals surface area contributed by atoms with Crippen LogP contribution in [0.15, 0.2) is 51.7 Å². The highest BCUT2D eigenvalue weighted by atomic mass is 79.9. The van der Waals surface area contributed by atoms with Gasteiger partial charge < -0.3 is 15.5 Å². The van der Waals surface area contributed by atoms with Gasteiger partial charge in [0.05, 0.1) is 0 Å². The number of hydrogen-bond acceptors (Lipinski definition) is 3. The Hall–Kier alpha value is -3.00. The molecule has 0 saturated heterocycles. The van der Waals surface area contributed by atoms with E-state index in [2.05, 4.69) is 20.9 Å². The maximum atomic E-state index is 13.9. The molecule has 28 heavy (non-hydrogen) atoms. The third-order valence-corrected chi connectivity index (χ3v) is 4.87. The maximum absolute atomic E-state index is 13.9. The van der Waals surface area contributed by atoms with Crippen LogP contribution in [0.3, 0.4) is 0 Å². The lowest BCUT2D eigenvalue weighted by atomic mass is 10.0. The number of amides is 1. The molecule has 3 N–H and O–H groups in total. The zero-order chi connectivity index (χ0) is 20.4. The van der Waals surface area contributed by atoms with Crippen LogP contribution in [0.1, 0.15) is 21.6 Å². The summed E-state index contributed by atoms with van der Waals surface area (Å²) < 4.78 is 32.9. The Morgan fingerprint density at radius 2 is 1.86 bits per heavy atom. The number of hydrogen-bond donors (Lipinski definition) is 2. The van der Waals surface area contributed by atoms with E-state index in [9.17, 15) is 18.4 Å². The zero-order valence-corrected chi connectivity index (χ0v) is 16.3. The molecular weight excluding hydrogens is 434 g/mol. The van der Waals surface area contributed by atoms with Gasteiger partial charge in [0.1, 0.15) is 28.5 Å². The predicted octanol–water partition coefficient (Wildman–Crippen LogP) is 4.07. The minimum Gasteiger partial charge on any atom is -0.487 e. The number of nitrogens with two attached hydrogens (primary N) is 1. The van der Waals surface area contributed by atoms with Crippen LogP contribution in [-0.4, -0.2) is 10.9 Å². The SMILES string of the molecule is Cc1[nH]c(=O)c(Br)c(OCc2ccc(F)cc2F)c1-c1ccc(C(N)=O)cc1. The number of ether oxygens (including phenoxy) is 1. The smallest absolute Gasteiger partial charge is 0.266 e. The van der Waals surface area contributed by atoms with E-state index in [1.54, 1.807) is 31.2 Å². The number of halogens is 3. The largest absolute Gasteiger partial charge is 0.487 e. The van der Waals surface area contributed by atoms with E-state index >= 15 is 0 Å². The first kappa shape index (κ1) is 19.8. The Morgan fingerprint density at radius 1 is 1.18 bits per heavy atom. The average molecular weight is 449 g/mol. The van der Waals surface area contributed by atoms with Gasteiger partial charge in [0.2, 0.25) is 5.91 Å². The molecule has 5 nitrogen and oxygen atoms in total. The molecular formula is C20H15BrF2N2O3. The molecule has 1 aromatic heterocycles. The molecule has 3 aromatic rings. The molecule has 0 bridgehead atoms. The monoisotopic (exact) mass is 448 g/mol. The fourth-order valence-corrected chi connectivity index (χ4v) is 3.16.